The highest BCUT2D eigenvalue weighted by Gasteiger charge is 2.09. The molecule has 0 saturated carbocycles. The summed E-state index contributed by atoms with van der Waals surface area (Å²) in [6.07, 6.45) is 1.86. The zero-order valence-electron chi connectivity index (χ0n) is 11.6. The summed E-state index contributed by atoms with van der Waals surface area (Å²) in [4.78, 5) is 14.1. The number of ether oxygens (including phenoxy) is 1. The van der Waals surface area contributed by atoms with Crippen LogP contribution < -0.4 is 4.74 Å². The average molecular weight is 281 g/mol. The largest absolute Gasteiger partial charge is 0.489 e. The highest BCUT2D eigenvalue weighted by molar-refractivity contribution is 5.94. The number of hydrogen-bond acceptors (Lipinski definition) is 2. The number of aromatic amines is 1. The summed E-state index contributed by atoms with van der Waals surface area (Å²) in [6, 6.07) is 12.9. The summed E-state index contributed by atoms with van der Waals surface area (Å²) in [5, 5.41) is 9.98. The molecule has 2 N–H and O–H groups in total. The second-order valence-corrected chi connectivity index (χ2v) is 4.93. The van der Waals surface area contributed by atoms with E-state index in [-0.39, 0.29) is 5.56 Å². The zero-order valence-corrected chi connectivity index (χ0v) is 11.6. The van der Waals surface area contributed by atoms with Gasteiger partial charge in [0, 0.05) is 22.7 Å². The van der Waals surface area contributed by atoms with Gasteiger partial charge in [-0.05, 0) is 30.7 Å². The highest BCUT2D eigenvalue weighted by Crippen LogP contribution is 2.23. The topological polar surface area (TPSA) is 62.3 Å². The first-order valence-electron chi connectivity index (χ1n) is 6.67. The first-order valence-corrected chi connectivity index (χ1v) is 6.67. The molecule has 4 heteroatoms. The number of hydrogen-bond donors (Lipinski definition) is 2. The maximum atomic E-state index is 11.0. The van der Waals surface area contributed by atoms with Crippen LogP contribution in [-0.4, -0.2) is 16.1 Å². The molecule has 3 rings (SSSR count). The molecule has 2 aromatic carbocycles. The van der Waals surface area contributed by atoms with E-state index in [9.17, 15) is 4.79 Å². The third-order valence-electron chi connectivity index (χ3n) is 3.49. The molecule has 3 aromatic rings. The summed E-state index contributed by atoms with van der Waals surface area (Å²) in [5.74, 6) is -0.0711. The maximum Gasteiger partial charge on any atom is 0.335 e. The fraction of sp³-hybridized carbons (Fsp3) is 0.118. The molecule has 0 spiro atoms. The van der Waals surface area contributed by atoms with E-state index in [1.165, 1.54) is 0 Å². The summed E-state index contributed by atoms with van der Waals surface area (Å²) < 4.78 is 5.83. The smallest absolute Gasteiger partial charge is 0.335 e. The van der Waals surface area contributed by atoms with Gasteiger partial charge in [0.15, 0.2) is 0 Å². The Morgan fingerprint density at radius 3 is 2.81 bits per heavy atom. The Morgan fingerprint density at radius 1 is 1.24 bits per heavy atom. The van der Waals surface area contributed by atoms with Gasteiger partial charge in [-0.3, -0.25) is 0 Å². The van der Waals surface area contributed by atoms with Crippen molar-refractivity contribution in [3.05, 3.63) is 65.4 Å². The molecular weight excluding hydrogens is 266 g/mol. The molecule has 0 unspecified atom stereocenters. The van der Waals surface area contributed by atoms with Gasteiger partial charge < -0.3 is 14.8 Å². The average Bonchev–Trinajstić information content (AvgIpc) is 2.88. The Balaban J connectivity index is 1.85. The van der Waals surface area contributed by atoms with Crippen molar-refractivity contribution < 1.29 is 14.6 Å². The molecule has 0 aliphatic heterocycles. The first kappa shape index (κ1) is 13.2. The van der Waals surface area contributed by atoms with Crippen LogP contribution in [0.4, 0.5) is 0 Å². The number of aryl methyl sites for hydroxylation is 1. The predicted molar refractivity (Wildman–Crippen MR) is 80.8 cm³/mol. The molecule has 0 atom stereocenters. The SMILES string of the molecule is Cc1ccccc1OCc1c[nH]c2cc(C(=O)O)ccc12. The molecule has 1 aromatic heterocycles. The van der Waals surface area contributed by atoms with Gasteiger partial charge in [0.1, 0.15) is 12.4 Å². The number of benzene rings is 2. The summed E-state index contributed by atoms with van der Waals surface area (Å²) in [6.45, 7) is 2.45. The van der Waals surface area contributed by atoms with Crippen molar-refractivity contribution in [1.82, 2.24) is 4.98 Å². The molecule has 0 saturated heterocycles. The first-order chi connectivity index (χ1) is 10.1. The minimum atomic E-state index is -0.927. The van der Waals surface area contributed by atoms with E-state index in [1.807, 2.05) is 43.5 Å². The Kier molecular flexibility index (Phi) is 3.36. The van der Waals surface area contributed by atoms with Crippen LogP contribution in [0.15, 0.2) is 48.7 Å². The van der Waals surface area contributed by atoms with Gasteiger partial charge in [-0.1, -0.05) is 24.3 Å². The Bertz CT molecular complexity index is 805. The zero-order chi connectivity index (χ0) is 14.8. The van der Waals surface area contributed by atoms with Gasteiger partial charge in [-0.15, -0.1) is 0 Å². The number of aromatic nitrogens is 1. The van der Waals surface area contributed by atoms with E-state index in [2.05, 4.69) is 4.98 Å². The lowest BCUT2D eigenvalue weighted by Crippen LogP contribution is -1.97. The number of carbonyl (C=O) groups is 1. The third-order valence-corrected chi connectivity index (χ3v) is 3.49. The van der Waals surface area contributed by atoms with Crippen molar-refractivity contribution in [2.45, 2.75) is 13.5 Å². The van der Waals surface area contributed by atoms with Crippen molar-refractivity contribution in [1.29, 1.82) is 0 Å². The van der Waals surface area contributed by atoms with Gasteiger partial charge in [-0.25, -0.2) is 4.79 Å². The highest BCUT2D eigenvalue weighted by atomic mass is 16.5. The van der Waals surface area contributed by atoms with Gasteiger partial charge in [0.25, 0.3) is 0 Å². The summed E-state index contributed by atoms with van der Waals surface area (Å²) >= 11 is 0. The predicted octanol–water partition coefficient (Wildman–Crippen LogP) is 3.75. The number of H-pyrrole nitrogens is 1. The van der Waals surface area contributed by atoms with E-state index in [0.717, 1.165) is 27.8 Å². The van der Waals surface area contributed by atoms with Crippen LogP contribution in [0.5, 0.6) is 5.75 Å². The van der Waals surface area contributed by atoms with Crippen molar-refractivity contribution in [2.24, 2.45) is 0 Å². The minimum absolute atomic E-state index is 0.274. The molecule has 4 nitrogen and oxygen atoms in total. The number of carboxylic acid groups (broad SMARTS) is 1. The molecule has 106 valence electrons. The number of nitrogens with one attached hydrogen (secondary N) is 1. The standard InChI is InChI=1S/C17H15NO3/c1-11-4-2-3-5-16(11)21-10-13-9-18-15-8-12(17(19)20)6-7-14(13)15/h2-9,18H,10H2,1H3,(H,19,20). The van der Waals surface area contributed by atoms with Gasteiger partial charge in [0.2, 0.25) is 0 Å². The molecule has 1 heterocycles. The number of rotatable bonds is 4. The summed E-state index contributed by atoms with van der Waals surface area (Å²) in [5.41, 5.74) is 3.17. The fourth-order valence-electron chi connectivity index (χ4n) is 2.31. The molecule has 0 radical (unpaired) electrons. The Hall–Kier alpha value is -2.75. The number of carboxylic acids is 1. The lowest BCUT2D eigenvalue weighted by atomic mass is 10.1. The van der Waals surface area contributed by atoms with Crippen LogP contribution in [0.25, 0.3) is 10.9 Å². The molecule has 21 heavy (non-hydrogen) atoms. The molecule has 0 amide bonds. The summed E-state index contributed by atoms with van der Waals surface area (Å²) in [7, 11) is 0. The van der Waals surface area contributed by atoms with Crippen molar-refractivity contribution >= 4 is 16.9 Å². The van der Waals surface area contributed by atoms with E-state index in [0.29, 0.717) is 6.61 Å². The number of fused-ring (bicyclic) bond motifs is 1. The molecule has 0 aliphatic carbocycles. The van der Waals surface area contributed by atoms with E-state index < -0.39 is 5.97 Å². The monoisotopic (exact) mass is 281 g/mol. The minimum Gasteiger partial charge on any atom is -0.489 e. The number of aromatic carboxylic acids is 1. The van der Waals surface area contributed by atoms with Crippen LogP contribution in [0, 0.1) is 6.92 Å². The van der Waals surface area contributed by atoms with Gasteiger partial charge in [-0.2, -0.15) is 0 Å². The molecule has 0 bridgehead atoms. The van der Waals surface area contributed by atoms with Crippen LogP contribution in [0.3, 0.4) is 0 Å². The van der Waals surface area contributed by atoms with E-state index in [4.69, 9.17) is 9.84 Å². The second kappa shape index (κ2) is 5.32. The number of para-hydroxylation sites is 1. The Morgan fingerprint density at radius 2 is 2.05 bits per heavy atom. The van der Waals surface area contributed by atoms with Crippen LogP contribution >= 0.6 is 0 Å². The lowest BCUT2D eigenvalue weighted by Gasteiger charge is -2.08. The van der Waals surface area contributed by atoms with Crippen molar-refractivity contribution in [2.75, 3.05) is 0 Å². The second-order valence-electron chi connectivity index (χ2n) is 4.93. The normalized spacial score (nSPS) is 10.7. The van der Waals surface area contributed by atoms with E-state index >= 15 is 0 Å². The van der Waals surface area contributed by atoms with Crippen molar-refractivity contribution in [3.8, 4) is 5.75 Å². The lowest BCUT2D eigenvalue weighted by molar-refractivity contribution is 0.0697. The van der Waals surface area contributed by atoms with Crippen LogP contribution in [0.2, 0.25) is 0 Å². The molecule has 0 fully saturated rings. The molecule has 0 aliphatic rings. The third kappa shape index (κ3) is 2.60. The Labute approximate surface area is 122 Å². The quantitative estimate of drug-likeness (QED) is 0.765. The maximum absolute atomic E-state index is 11.0. The van der Waals surface area contributed by atoms with E-state index in [1.54, 1.807) is 12.1 Å². The van der Waals surface area contributed by atoms with Gasteiger partial charge >= 0.3 is 5.97 Å². The molecular formula is C17H15NO3. The van der Waals surface area contributed by atoms with Crippen molar-refractivity contribution in [3.63, 3.8) is 0 Å². The fourth-order valence-corrected chi connectivity index (χ4v) is 2.31. The van der Waals surface area contributed by atoms with Gasteiger partial charge in [0.05, 0.1) is 5.56 Å². The van der Waals surface area contributed by atoms with Crippen LogP contribution in [0.1, 0.15) is 21.5 Å². The van der Waals surface area contributed by atoms with Crippen LogP contribution in [-0.2, 0) is 6.61 Å².